The molecule has 0 saturated carbocycles. The summed E-state index contributed by atoms with van der Waals surface area (Å²) in [6.45, 7) is 7.33. The van der Waals surface area contributed by atoms with E-state index in [1.807, 2.05) is 27.7 Å². The third kappa shape index (κ3) is 11.6. The van der Waals surface area contributed by atoms with Crippen LogP contribution in [-0.2, 0) is 9.59 Å². The lowest BCUT2D eigenvalue weighted by molar-refractivity contribution is -0.112. The molecule has 160 valence electrons. The van der Waals surface area contributed by atoms with Gasteiger partial charge in [0.15, 0.2) is 0 Å². The van der Waals surface area contributed by atoms with Crippen LogP contribution in [0.15, 0.2) is 23.3 Å². The number of aliphatic hydroxyl groups is 2. The van der Waals surface area contributed by atoms with Crippen LogP contribution >= 0.6 is 0 Å². The zero-order valence-corrected chi connectivity index (χ0v) is 18.2. The Kier molecular flexibility index (Phi) is 10.3. The molecule has 0 fully saturated rings. The standard InChI is InChI=1S/2C12H20O2/c1-12(2,14)8-7-10-3-5-11(9-13)6-4-10;1-12(2,14)7-6-10-4-3-5-11(8-10)9-13/h3,9,11,14H,4-8H2,1-2H3;4,9,11,14H,3,5-8H2,1-2H3. The predicted octanol–water partition coefficient (Wildman–Crippen LogP) is 4.93. The Balaban J connectivity index is 0.000000280. The minimum absolute atomic E-state index is 0.219. The van der Waals surface area contributed by atoms with Crippen molar-refractivity contribution in [2.45, 2.75) is 103 Å². The zero-order valence-electron chi connectivity index (χ0n) is 18.2. The van der Waals surface area contributed by atoms with Gasteiger partial charge in [-0.25, -0.2) is 0 Å². The maximum absolute atomic E-state index is 10.6. The largest absolute Gasteiger partial charge is 0.390 e. The molecule has 0 amide bonds. The smallest absolute Gasteiger partial charge is 0.123 e. The van der Waals surface area contributed by atoms with Crippen LogP contribution in [0.2, 0.25) is 0 Å². The maximum atomic E-state index is 10.6. The van der Waals surface area contributed by atoms with Crippen LogP contribution in [0, 0.1) is 11.8 Å². The average molecular weight is 393 g/mol. The van der Waals surface area contributed by atoms with Crippen molar-refractivity contribution in [1.29, 1.82) is 0 Å². The first-order chi connectivity index (χ1) is 13.0. The van der Waals surface area contributed by atoms with Gasteiger partial charge < -0.3 is 19.8 Å². The third-order valence-electron chi connectivity index (χ3n) is 5.54. The van der Waals surface area contributed by atoms with Gasteiger partial charge >= 0.3 is 0 Å². The molecule has 0 spiro atoms. The van der Waals surface area contributed by atoms with Gasteiger partial charge in [-0.3, -0.25) is 0 Å². The molecule has 0 bridgehead atoms. The molecular formula is C24H40O4. The van der Waals surface area contributed by atoms with Crippen LogP contribution in [0.4, 0.5) is 0 Å². The lowest BCUT2D eigenvalue weighted by atomic mass is 9.86. The van der Waals surface area contributed by atoms with E-state index in [0.717, 1.165) is 76.8 Å². The van der Waals surface area contributed by atoms with Crippen molar-refractivity contribution in [1.82, 2.24) is 0 Å². The minimum Gasteiger partial charge on any atom is -0.390 e. The highest BCUT2D eigenvalue weighted by molar-refractivity contribution is 5.55. The first-order valence-corrected chi connectivity index (χ1v) is 10.7. The number of allylic oxidation sites excluding steroid dienone is 4. The summed E-state index contributed by atoms with van der Waals surface area (Å²) in [4.78, 5) is 21.1. The van der Waals surface area contributed by atoms with Crippen LogP contribution in [0.3, 0.4) is 0 Å². The fourth-order valence-electron chi connectivity index (χ4n) is 3.54. The van der Waals surface area contributed by atoms with Crippen molar-refractivity contribution >= 4 is 12.6 Å². The van der Waals surface area contributed by atoms with E-state index in [9.17, 15) is 19.8 Å². The summed E-state index contributed by atoms with van der Waals surface area (Å²) in [5, 5.41) is 19.1. The second kappa shape index (κ2) is 11.7. The first-order valence-electron chi connectivity index (χ1n) is 10.7. The van der Waals surface area contributed by atoms with Gasteiger partial charge in [0.1, 0.15) is 12.6 Å². The Morgan fingerprint density at radius 2 is 1.46 bits per heavy atom. The van der Waals surface area contributed by atoms with E-state index >= 15 is 0 Å². The second-order valence-corrected chi connectivity index (χ2v) is 9.70. The third-order valence-corrected chi connectivity index (χ3v) is 5.54. The molecule has 0 radical (unpaired) electrons. The molecule has 2 rings (SSSR count). The normalized spacial score (nSPS) is 23.1. The van der Waals surface area contributed by atoms with Crippen molar-refractivity contribution in [3.8, 4) is 0 Å². The highest BCUT2D eigenvalue weighted by Gasteiger charge is 2.18. The number of hydrogen-bond donors (Lipinski definition) is 2. The van der Waals surface area contributed by atoms with Gasteiger partial charge in [-0.1, -0.05) is 23.3 Å². The van der Waals surface area contributed by atoms with E-state index in [2.05, 4.69) is 12.2 Å². The van der Waals surface area contributed by atoms with Crippen molar-refractivity contribution < 1.29 is 19.8 Å². The van der Waals surface area contributed by atoms with Gasteiger partial charge in [0, 0.05) is 11.8 Å². The summed E-state index contributed by atoms with van der Waals surface area (Å²) >= 11 is 0. The van der Waals surface area contributed by atoms with Crippen molar-refractivity contribution in [3.05, 3.63) is 23.3 Å². The number of carbonyl (C=O) groups excluding carboxylic acids is 2. The number of carbonyl (C=O) groups is 2. The molecule has 0 aromatic rings. The Hall–Kier alpha value is -1.26. The second-order valence-electron chi connectivity index (χ2n) is 9.70. The topological polar surface area (TPSA) is 74.6 Å². The van der Waals surface area contributed by atoms with Crippen LogP contribution < -0.4 is 0 Å². The SMILES string of the molecule is CC(C)(O)CCC1=CCC(C=O)CC1.CC(C)(O)CCC1=CCCC(C=O)C1. The minimum atomic E-state index is -0.588. The van der Waals surface area contributed by atoms with E-state index in [1.54, 1.807) is 0 Å². The molecule has 0 heterocycles. The van der Waals surface area contributed by atoms with Gasteiger partial charge in [-0.2, -0.15) is 0 Å². The summed E-state index contributed by atoms with van der Waals surface area (Å²) in [7, 11) is 0. The molecular weight excluding hydrogens is 352 g/mol. The van der Waals surface area contributed by atoms with E-state index in [4.69, 9.17) is 0 Å². The fraction of sp³-hybridized carbons (Fsp3) is 0.750. The molecule has 0 aliphatic heterocycles. The summed E-state index contributed by atoms with van der Waals surface area (Å²) < 4.78 is 0. The molecule has 4 heteroatoms. The van der Waals surface area contributed by atoms with Crippen LogP contribution in [0.1, 0.15) is 91.9 Å². The van der Waals surface area contributed by atoms with E-state index in [1.165, 1.54) is 11.1 Å². The summed E-state index contributed by atoms with van der Waals surface area (Å²) in [6, 6.07) is 0. The van der Waals surface area contributed by atoms with Crippen molar-refractivity contribution in [2.24, 2.45) is 11.8 Å². The highest BCUT2D eigenvalue weighted by Crippen LogP contribution is 2.28. The van der Waals surface area contributed by atoms with Crippen LogP contribution in [0.25, 0.3) is 0 Å². The van der Waals surface area contributed by atoms with Crippen LogP contribution in [-0.4, -0.2) is 34.0 Å². The number of rotatable bonds is 8. The monoisotopic (exact) mass is 392 g/mol. The molecule has 4 nitrogen and oxygen atoms in total. The first kappa shape index (κ1) is 24.8. The molecule has 2 unspecified atom stereocenters. The average Bonchev–Trinajstić information content (AvgIpc) is 2.65. The molecule has 2 atom stereocenters. The molecule has 2 N–H and O–H groups in total. The Morgan fingerprint density at radius 1 is 0.893 bits per heavy atom. The van der Waals surface area contributed by atoms with Crippen LogP contribution in [0.5, 0.6) is 0 Å². The van der Waals surface area contributed by atoms with E-state index in [0.29, 0.717) is 0 Å². The highest BCUT2D eigenvalue weighted by atomic mass is 16.3. The fourth-order valence-corrected chi connectivity index (χ4v) is 3.54. The van der Waals surface area contributed by atoms with Gasteiger partial charge in [0.2, 0.25) is 0 Å². The number of aldehydes is 2. The molecule has 0 aromatic heterocycles. The number of hydrogen-bond acceptors (Lipinski definition) is 4. The molecule has 28 heavy (non-hydrogen) atoms. The Bertz CT molecular complexity index is 546. The van der Waals surface area contributed by atoms with E-state index < -0.39 is 11.2 Å². The molecule has 0 aromatic carbocycles. The molecule has 0 saturated heterocycles. The van der Waals surface area contributed by atoms with Gasteiger partial charge in [0.25, 0.3) is 0 Å². The molecule has 2 aliphatic carbocycles. The Labute approximate surface area is 171 Å². The van der Waals surface area contributed by atoms with Gasteiger partial charge in [0.05, 0.1) is 11.2 Å². The lowest BCUT2D eigenvalue weighted by Crippen LogP contribution is -2.19. The summed E-state index contributed by atoms with van der Waals surface area (Å²) in [6.07, 6.45) is 15.8. The summed E-state index contributed by atoms with van der Waals surface area (Å²) in [5.41, 5.74) is 1.60. The zero-order chi connectivity index (χ0) is 21.2. The lowest BCUT2D eigenvalue weighted by Gasteiger charge is -2.22. The van der Waals surface area contributed by atoms with Crippen molar-refractivity contribution in [2.75, 3.05) is 0 Å². The van der Waals surface area contributed by atoms with Crippen molar-refractivity contribution in [3.63, 3.8) is 0 Å². The van der Waals surface area contributed by atoms with Gasteiger partial charge in [-0.15, -0.1) is 0 Å². The Morgan fingerprint density at radius 3 is 1.93 bits per heavy atom. The predicted molar refractivity (Wildman–Crippen MR) is 114 cm³/mol. The quantitative estimate of drug-likeness (QED) is 0.454. The summed E-state index contributed by atoms with van der Waals surface area (Å²) in [5.74, 6) is 0.456. The van der Waals surface area contributed by atoms with Gasteiger partial charge in [-0.05, 0) is 91.9 Å². The maximum Gasteiger partial charge on any atom is 0.123 e. The molecule has 2 aliphatic rings. The van der Waals surface area contributed by atoms with E-state index in [-0.39, 0.29) is 11.8 Å².